The van der Waals surface area contributed by atoms with Crippen molar-refractivity contribution in [1.29, 1.82) is 0 Å². The Labute approximate surface area is 185 Å². The summed E-state index contributed by atoms with van der Waals surface area (Å²) in [5.74, 6) is 0.118. The van der Waals surface area contributed by atoms with Gasteiger partial charge in [-0.2, -0.15) is 0 Å². The number of aliphatic hydroxyl groups excluding tert-OH is 1. The molecule has 1 fully saturated rings. The third kappa shape index (κ3) is 7.60. The second kappa shape index (κ2) is 11.8. The Morgan fingerprint density at radius 2 is 1.42 bits per heavy atom. The minimum absolute atomic E-state index is 0.125. The van der Waals surface area contributed by atoms with Crippen LogP contribution in [0.5, 0.6) is 0 Å². The number of piperidine rings is 1. The molecule has 0 aliphatic carbocycles. The molecule has 31 heavy (non-hydrogen) atoms. The number of carbonyl (C=O) groups is 2. The van der Waals surface area contributed by atoms with Gasteiger partial charge < -0.3 is 15.3 Å². The number of ketones is 1. The number of aryl methyl sites for hydroxylation is 2. The van der Waals surface area contributed by atoms with Crippen molar-refractivity contribution in [3.63, 3.8) is 0 Å². The van der Waals surface area contributed by atoms with Gasteiger partial charge >= 0.3 is 0 Å². The first-order chi connectivity index (χ1) is 15.0. The van der Waals surface area contributed by atoms with Crippen LogP contribution >= 0.6 is 0 Å². The van der Waals surface area contributed by atoms with Gasteiger partial charge in [0.15, 0.2) is 5.78 Å². The van der Waals surface area contributed by atoms with Crippen molar-refractivity contribution in [1.82, 2.24) is 4.90 Å². The van der Waals surface area contributed by atoms with E-state index in [1.165, 1.54) is 11.1 Å². The third-order valence-electron chi connectivity index (χ3n) is 6.09. The summed E-state index contributed by atoms with van der Waals surface area (Å²) in [6.45, 7) is 1.59. The zero-order valence-corrected chi connectivity index (χ0v) is 18.5. The fourth-order valence-corrected chi connectivity index (χ4v) is 4.04. The first-order valence-electron chi connectivity index (χ1n) is 11.3. The summed E-state index contributed by atoms with van der Waals surface area (Å²) in [7, 11) is 2.10. The molecular weight excluding hydrogens is 388 g/mol. The maximum atomic E-state index is 12.4. The number of unbranched alkanes of at least 4 members (excludes halogenated alkanes) is 1. The molecule has 0 aromatic heterocycles. The molecule has 2 N–H and O–H groups in total. The normalized spacial score (nSPS) is 15.0. The van der Waals surface area contributed by atoms with Crippen LogP contribution in [0.25, 0.3) is 0 Å². The van der Waals surface area contributed by atoms with Gasteiger partial charge in [-0.1, -0.05) is 36.4 Å². The van der Waals surface area contributed by atoms with Crippen molar-refractivity contribution in [3.8, 4) is 0 Å². The van der Waals surface area contributed by atoms with E-state index in [9.17, 15) is 9.59 Å². The second-order valence-electron chi connectivity index (χ2n) is 8.66. The van der Waals surface area contributed by atoms with E-state index in [0.717, 1.165) is 62.9 Å². The van der Waals surface area contributed by atoms with Gasteiger partial charge in [-0.3, -0.25) is 9.59 Å². The van der Waals surface area contributed by atoms with Gasteiger partial charge in [-0.15, -0.1) is 0 Å². The number of amides is 1. The van der Waals surface area contributed by atoms with Crippen molar-refractivity contribution in [3.05, 3.63) is 65.2 Å². The molecule has 2 aromatic rings. The molecule has 166 valence electrons. The molecule has 0 bridgehead atoms. The lowest BCUT2D eigenvalue weighted by Gasteiger charge is -2.28. The van der Waals surface area contributed by atoms with Crippen LogP contribution in [0, 0.1) is 5.92 Å². The summed E-state index contributed by atoms with van der Waals surface area (Å²) in [5.41, 5.74) is 4.39. The fraction of sp³-hybridized carbons (Fsp3) is 0.462. The molecule has 1 aliphatic heterocycles. The van der Waals surface area contributed by atoms with Gasteiger partial charge in [0.2, 0.25) is 5.91 Å². The van der Waals surface area contributed by atoms with E-state index < -0.39 is 6.61 Å². The number of hydrogen-bond acceptors (Lipinski definition) is 4. The number of carbonyl (C=O) groups excluding carboxylic acids is 2. The fourth-order valence-electron chi connectivity index (χ4n) is 4.04. The Balaban J connectivity index is 1.36. The summed E-state index contributed by atoms with van der Waals surface area (Å²) in [6, 6.07) is 16.3. The van der Waals surface area contributed by atoms with Crippen LogP contribution in [0.15, 0.2) is 48.5 Å². The van der Waals surface area contributed by atoms with E-state index in [1.807, 2.05) is 24.3 Å². The highest BCUT2D eigenvalue weighted by molar-refractivity contribution is 5.92. The quantitative estimate of drug-likeness (QED) is 0.574. The minimum Gasteiger partial charge on any atom is -0.389 e. The number of aliphatic hydroxyl groups is 1. The van der Waals surface area contributed by atoms with E-state index in [4.69, 9.17) is 5.11 Å². The lowest BCUT2D eigenvalue weighted by Crippen LogP contribution is -2.35. The first kappa shape index (κ1) is 23.2. The molecule has 0 radical (unpaired) electrons. The third-order valence-corrected chi connectivity index (χ3v) is 6.09. The smallest absolute Gasteiger partial charge is 0.227 e. The Kier molecular flexibility index (Phi) is 8.80. The van der Waals surface area contributed by atoms with Crippen LogP contribution in [0.1, 0.15) is 42.4 Å². The summed E-state index contributed by atoms with van der Waals surface area (Å²) >= 11 is 0. The van der Waals surface area contributed by atoms with Crippen molar-refractivity contribution in [2.45, 2.75) is 44.9 Å². The standard InChI is InChI=1S/C26H34N2O3/c1-28-16-14-23(15-17-28)26(31)27-24-12-10-21(11-13-24)5-3-2-4-20-6-8-22(9-7-20)18-25(30)19-29/h6-13,23,29H,2-5,14-19H2,1H3,(H,27,31). The number of rotatable bonds is 10. The number of benzene rings is 2. The van der Waals surface area contributed by atoms with Crippen LogP contribution in [0.2, 0.25) is 0 Å². The van der Waals surface area contributed by atoms with Gasteiger partial charge in [0.05, 0.1) is 0 Å². The van der Waals surface area contributed by atoms with Crippen molar-refractivity contribution in [2.24, 2.45) is 5.92 Å². The van der Waals surface area contributed by atoms with E-state index in [0.29, 0.717) is 6.42 Å². The molecule has 0 spiro atoms. The topological polar surface area (TPSA) is 69.6 Å². The van der Waals surface area contributed by atoms with Crippen molar-refractivity contribution < 1.29 is 14.7 Å². The molecule has 3 rings (SSSR count). The molecule has 0 atom stereocenters. The zero-order valence-electron chi connectivity index (χ0n) is 18.5. The highest BCUT2D eigenvalue weighted by Crippen LogP contribution is 2.19. The molecular formula is C26H34N2O3. The van der Waals surface area contributed by atoms with Crippen LogP contribution in [0.3, 0.4) is 0 Å². The Hall–Kier alpha value is -2.50. The Morgan fingerprint density at radius 1 is 0.903 bits per heavy atom. The maximum Gasteiger partial charge on any atom is 0.227 e. The summed E-state index contributed by atoms with van der Waals surface area (Å²) in [4.78, 5) is 26.0. The van der Waals surface area contributed by atoms with E-state index in [-0.39, 0.29) is 17.6 Å². The molecule has 5 heteroatoms. The number of anilines is 1. The van der Waals surface area contributed by atoms with Crippen LogP contribution in [-0.2, 0) is 28.9 Å². The van der Waals surface area contributed by atoms with Gasteiger partial charge in [0.25, 0.3) is 0 Å². The molecule has 1 saturated heterocycles. The molecule has 5 nitrogen and oxygen atoms in total. The average molecular weight is 423 g/mol. The van der Waals surface area contributed by atoms with Crippen LogP contribution in [-0.4, -0.2) is 48.4 Å². The molecule has 1 heterocycles. The monoisotopic (exact) mass is 422 g/mol. The molecule has 0 unspecified atom stereocenters. The van der Waals surface area contributed by atoms with Crippen molar-refractivity contribution in [2.75, 3.05) is 32.1 Å². The molecule has 1 amide bonds. The van der Waals surface area contributed by atoms with E-state index in [2.05, 4.69) is 41.5 Å². The minimum atomic E-state index is -0.395. The number of likely N-dealkylation sites (tertiary alicyclic amines) is 1. The van der Waals surface area contributed by atoms with Gasteiger partial charge in [0, 0.05) is 18.0 Å². The van der Waals surface area contributed by atoms with Gasteiger partial charge in [0.1, 0.15) is 6.61 Å². The van der Waals surface area contributed by atoms with Gasteiger partial charge in [-0.05, 0) is 87.5 Å². The highest BCUT2D eigenvalue weighted by atomic mass is 16.3. The number of Topliss-reactive ketones (excluding diaryl/α,β-unsaturated/α-hetero) is 1. The Bertz CT molecular complexity index is 838. The SMILES string of the molecule is CN1CCC(C(=O)Nc2ccc(CCCCc3ccc(CC(=O)CO)cc3)cc2)CC1. The molecule has 2 aromatic carbocycles. The zero-order chi connectivity index (χ0) is 22.1. The number of nitrogens with one attached hydrogen (secondary N) is 1. The summed E-state index contributed by atoms with van der Waals surface area (Å²) in [5, 5.41) is 11.9. The van der Waals surface area contributed by atoms with Crippen LogP contribution < -0.4 is 5.32 Å². The second-order valence-corrected chi connectivity index (χ2v) is 8.66. The summed E-state index contributed by atoms with van der Waals surface area (Å²) < 4.78 is 0. The number of hydrogen-bond donors (Lipinski definition) is 2. The van der Waals surface area contributed by atoms with E-state index >= 15 is 0 Å². The predicted molar refractivity (Wildman–Crippen MR) is 124 cm³/mol. The van der Waals surface area contributed by atoms with E-state index in [1.54, 1.807) is 0 Å². The Morgan fingerprint density at radius 3 is 1.97 bits per heavy atom. The predicted octanol–water partition coefficient (Wildman–Crippen LogP) is 3.64. The lowest BCUT2D eigenvalue weighted by atomic mass is 9.96. The maximum absolute atomic E-state index is 12.4. The largest absolute Gasteiger partial charge is 0.389 e. The molecule has 0 saturated carbocycles. The lowest BCUT2D eigenvalue weighted by molar-refractivity contribution is -0.121. The van der Waals surface area contributed by atoms with Crippen molar-refractivity contribution >= 4 is 17.4 Å². The van der Waals surface area contributed by atoms with Gasteiger partial charge in [-0.25, -0.2) is 0 Å². The summed E-state index contributed by atoms with van der Waals surface area (Å²) in [6.07, 6.45) is 6.40. The van der Waals surface area contributed by atoms with Crippen LogP contribution in [0.4, 0.5) is 5.69 Å². The first-order valence-corrected chi connectivity index (χ1v) is 11.3. The number of nitrogens with zero attached hydrogens (tertiary/aromatic N) is 1. The average Bonchev–Trinajstić information content (AvgIpc) is 2.79. The molecule has 1 aliphatic rings. The highest BCUT2D eigenvalue weighted by Gasteiger charge is 2.23.